The number of benzene rings is 1. The molecule has 0 aliphatic heterocycles. The minimum atomic E-state index is -0.120. The molecule has 0 saturated carbocycles. The first-order valence-electron chi connectivity index (χ1n) is 6.80. The van der Waals surface area contributed by atoms with Crippen LogP contribution in [0.2, 0.25) is 0 Å². The van der Waals surface area contributed by atoms with E-state index in [1.54, 1.807) is 18.5 Å². The molecule has 0 bridgehead atoms. The highest BCUT2D eigenvalue weighted by Gasteiger charge is 2.06. The van der Waals surface area contributed by atoms with E-state index in [-0.39, 0.29) is 5.91 Å². The molecule has 2 rings (SSSR count). The zero-order valence-electron chi connectivity index (χ0n) is 12.2. The number of quaternary nitrogens is 1. The second-order valence-electron chi connectivity index (χ2n) is 5.27. The summed E-state index contributed by atoms with van der Waals surface area (Å²) in [7, 11) is 4.25. The maximum atomic E-state index is 12.0. The van der Waals surface area contributed by atoms with E-state index in [0.717, 1.165) is 16.6 Å². The van der Waals surface area contributed by atoms with Crippen molar-refractivity contribution < 1.29 is 9.69 Å². The summed E-state index contributed by atoms with van der Waals surface area (Å²) in [5, 5.41) is 2.90. The Balaban J connectivity index is 1.92. The van der Waals surface area contributed by atoms with Crippen molar-refractivity contribution in [2.45, 2.75) is 13.1 Å². The van der Waals surface area contributed by atoms with Gasteiger partial charge in [-0.25, -0.2) is 0 Å². The quantitative estimate of drug-likeness (QED) is 0.858. The summed E-state index contributed by atoms with van der Waals surface area (Å²) in [6.07, 6.45) is 3.21. The maximum Gasteiger partial charge on any atom is 0.253 e. The molecule has 0 unspecified atom stereocenters. The molecule has 2 N–H and O–H groups in total. The Hall–Kier alpha value is -1.72. The Labute approximate surface area is 133 Å². The van der Waals surface area contributed by atoms with Gasteiger partial charge in [0.05, 0.1) is 19.7 Å². The van der Waals surface area contributed by atoms with Crippen molar-refractivity contribution in [2.24, 2.45) is 0 Å². The smallest absolute Gasteiger partial charge is 0.253 e. The number of nitrogens with one attached hydrogen (secondary N) is 2. The first-order chi connectivity index (χ1) is 10.0. The summed E-state index contributed by atoms with van der Waals surface area (Å²) < 4.78 is 0.797. The lowest BCUT2D eigenvalue weighted by molar-refractivity contribution is -0.872. The summed E-state index contributed by atoms with van der Waals surface area (Å²) in [5.74, 6) is -0.120. The van der Waals surface area contributed by atoms with Crippen LogP contribution in [0.25, 0.3) is 0 Å². The van der Waals surface area contributed by atoms with Gasteiger partial charge in [0, 0.05) is 29.0 Å². The van der Waals surface area contributed by atoms with Crippen LogP contribution in [-0.4, -0.2) is 25.0 Å². The molecule has 2 aromatic rings. The number of aromatic nitrogens is 1. The lowest BCUT2D eigenvalue weighted by atomic mass is 10.1. The molecular weight excluding hydrogens is 330 g/mol. The van der Waals surface area contributed by atoms with Crippen molar-refractivity contribution in [1.82, 2.24) is 10.3 Å². The average Bonchev–Trinajstić information content (AvgIpc) is 2.45. The van der Waals surface area contributed by atoms with Crippen molar-refractivity contribution in [3.05, 3.63) is 63.9 Å². The van der Waals surface area contributed by atoms with Crippen LogP contribution in [0.4, 0.5) is 0 Å². The topological polar surface area (TPSA) is 46.4 Å². The maximum absolute atomic E-state index is 12.0. The molecule has 1 aromatic heterocycles. The van der Waals surface area contributed by atoms with Crippen molar-refractivity contribution in [2.75, 3.05) is 14.1 Å². The third kappa shape index (κ3) is 4.95. The van der Waals surface area contributed by atoms with E-state index in [1.165, 1.54) is 10.5 Å². The molecule has 0 saturated heterocycles. The van der Waals surface area contributed by atoms with E-state index in [4.69, 9.17) is 0 Å². The highest BCUT2D eigenvalue weighted by atomic mass is 79.9. The molecule has 0 fully saturated rings. The second-order valence-corrected chi connectivity index (χ2v) is 6.19. The second kappa shape index (κ2) is 7.33. The number of hydrogen-bond acceptors (Lipinski definition) is 2. The van der Waals surface area contributed by atoms with Crippen LogP contribution in [0.15, 0.2) is 47.2 Å². The summed E-state index contributed by atoms with van der Waals surface area (Å²) >= 11 is 3.31. The largest absolute Gasteiger partial charge is 0.348 e. The third-order valence-corrected chi connectivity index (χ3v) is 3.43. The third-order valence-electron chi connectivity index (χ3n) is 3.00. The molecule has 0 atom stereocenters. The van der Waals surface area contributed by atoms with Crippen LogP contribution in [0.1, 0.15) is 21.5 Å². The summed E-state index contributed by atoms with van der Waals surface area (Å²) in [5.41, 5.74) is 2.93. The van der Waals surface area contributed by atoms with Crippen LogP contribution in [0.3, 0.4) is 0 Å². The fourth-order valence-electron chi connectivity index (χ4n) is 2.00. The monoisotopic (exact) mass is 348 g/mol. The molecule has 1 amide bonds. The van der Waals surface area contributed by atoms with Gasteiger partial charge in [-0.1, -0.05) is 24.3 Å². The first-order valence-corrected chi connectivity index (χ1v) is 7.59. The number of hydrogen-bond donors (Lipinski definition) is 2. The van der Waals surface area contributed by atoms with E-state index < -0.39 is 0 Å². The van der Waals surface area contributed by atoms with E-state index in [2.05, 4.69) is 64.6 Å². The van der Waals surface area contributed by atoms with Crippen molar-refractivity contribution in [1.29, 1.82) is 0 Å². The number of amides is 1. The van der Waals surface area contributed by atoms with Gasteiger partial charge >= 0.3 is 0 Å². The molecule has 0 aliphatic rings. The van der Waals surface area contributed by atoms with Gasteiger partial charge in [-0.15, -0.1) is 0 Å². The number of halogens is 1. The Kier molecular flexibility index (Phi) is 5.47. The van der Waals surface area contributed by atoms with Gasteiger partial charge in [0.15, 0.2) is 0 Å². The minimum absolute atomic E-state index is 0.120. The Morgan fingerprint density at radius 2 is 1.86 bits per heavy atom. The number of carbonyl (C=O) groups is 1. The van der Waals surface area contributed by atoms with E-state index in [1.807, 2.05) is 0 Å². The highest BCUT2D eigenvalue weighted by Crippen LogP contribution is 2.10. The van der Waals surface area contributed by atoms with Gasteiger partial charge in [-0.05, 0) is 27.6 Å². The zero-order valence-corrected chi connectivity index (χ0v) is 13.8. The molecule has 21 heavy (non-hydrogen) atoms. The Bertz CT molecular complexity index is 611. The first kappa shape index (κ1) is 15.7. The number of nitrogens with zero attached hydrogens (tertiary/aromatic N) is 1. The minimum Gasteiger partial charge on any atom is -0.348 e. The van der Waals surface area contributed by atoms with Crippen molar-refractivity contribution >= 4 is 21.8 Å². The van der Waals surface area contributed by atoms with E-state index in [0.29, 0.717) is 12.1 Å². The van der Waals surface area contributed by atoms with Crippen LogP contribution in [0.5, 0.6) is 0 Å². The normalized spacial score (nSPS) is 10.7. The van der Waals surface area contributed by atoms with Gasteiger partial charge in [0.25, 0.3) is 5.91 Å². The van der Waals surface area contributed by atoms with Gasteiger partial charge in [0.1, 0.15) is 6.54 Å². The van der Waals surface area contributed by atoms with Gasteiger partial charge in [0.2, 0.25) is 0 Å². The van der Waals surface area contributed by atoms with E-state index in [9.17, 15) is 4.79 Å². The fourth-order valence-corrected chi connectivity index (χ4v) is 2.37. The summed E-state index contributed by atoms with van der Waals surface area (Å²) in [4.78, 5) is 17.4. The van der Waals surface area contributed by atoms with Crippen LogP contribution < -0.4 is 10.2 Å². The molecule has 5 heteroatoms. The predicted octanol–water partition coefficient (Wildman–Crippen LogP) is 1.42. The van der Waals surface area contributed by atoms with Crippen molar-refractivity contribution in [3.63, 3.8) is 0 Å². The molecule has 0 aliphatic carbocycles. The Morgan fingerprint density at radius 3 is 2.48 bits per heavy atom. The van der Waals surface area contributed by atoms with Gasteiger partial charge in [-0.2, -0.15) is 0 Å². The van der Waals surface area contributed by atoms with E-state index >= 15 is 0 Å². The highest BCUT2D eigenvalue weighted by molar-refractivity contribution is 9.10. The number of carbonyl (C=O) groups excluding carboxylic acids is 1. The molecule has 4 nitrogen and oxygen atoms in total. The van der Waals surface area contributed by atoms with Crippen molar-refractivity contribution in [3.8, 4) is 0 Å². The lowest BCUT2D eigenvalue weighted by Gasteiger charge is -2.09. The Morgan fingerprint density at radius 1 is 1.19 bits per heavy atom. The standard InChI is InChI=1S/C16H18BrN3O/c1-20(2)11-13-5-3-12(4-6-13)8-19-16(21)14-7-15(17)10-18-9-14/h3-7,9-10H,8,11H2,1-2H3,(H,19,21)/p+1. The molecular formula is C16H19BrN3O+. The van der Waals surface area contributed by atoms with Crippen LogP contribution in [-0.2, 0) is 13.1 Å². The molecule has 110 valence electrons. The zero-order chi connectivity index (χ0) is 15.2. The summed E-state index contributed by atoms with van der Waals surface area (Å²) in [6, 6.07) is 10.1. The van der Waals surface area contributed by atoms with Gasteiger partial charge < -0.3 is 10.2 Å². The summed E-state index contributed by atoms with van der Waals surface area (Å²) in [6.45, 7) is 1.51. The SMILES string of the molecule is C[NH+](C)Cc1ccc(CNC(=O)c2cncc(Br)c2)cc1. The number of rotatable bonds is 5. The van der Waals surface area contributed by atoms with Crippen LogP contribution >= 0.6 is 15.9 Å². The average molecular weight is 349 g/mol. The number of pyridine rings is 1. The molecule has 1 heterocycles. The fraction of sp³-hybridized carbons (Fsp3) is 0.250. The lowest BCUT2D eigenvalue weighted by Crippen LogP contribution is -3.04. The van der Waals surface area contributed by atoms with Crippen LogP contribution in [0, 0.1) is 0 Å². The predicted molar refractivity (Wildman–Crippen MR) is 86.1 cm³/mol. The molecule has 0 spiro atoms. The molecule has 1 aromatic carbocycles. The van der Waals surface area contributed by atoms with Gasteiger partial charge in [-0.3, -0.25) is 9.78 Å². The molecule has 0 radical (unpaired) electrons.